The molecule has 1 aromatic carbocycles. The van der Waals surface area contributed by atoms with Crippen LogP contribution in [-0.2, 0) is 0 Å². The summed E-state index contributed by atoms with van der Waals surface area (Å²) < 4.78 is 13.7. The van der Waals surface area contributed by atoms with E-state index in [0.29, 0.717) is 11.6 Å². The average molecular weight is 293 g/mol. The van der Waals surface area contributed by atoms with Crippen molar-refractivity contribution in [1.82, 2.24) is 9.80 Å². The zero-order chi connectivity index (χ0) is 15.2. The van der Waals surface area contributed by atoms with Crippen LogP contribution >= 0.6 is 0 Å². The van der Waals surface area contributed by atoms with Crippen molar-refractivity contribution in [1.29, 1.82) is 0 Å². The molecule has 0 amide bonds. The largest absolute Gasteiger partial charge is 0.324 e. The van der Waals surface area contributed by atoms with E-state index in [1.165, 1.54) is 32.0 Å². The Morgan fingerprint density at radius 3 is 2.62 bits per heavy atom. The van der Waals surface area contributed by atoms with E-state index in [1.807, 2.05) is 6.07 Å². The quantitative estimate of drug-likeness (QED) is 0.875. The highest BCUT2D eigenvalue weighted by molar-refractivity contribution is 5.20. The van der Waals surface area contributed by atoms with E-state index in [4.69, 9.17) is 5.73 Å². The SMILES string of the molecule is CCN1CCC(N(C)CCC(N)c2ccccc2F)CC1. The highest BCUT2D eigenvalue weighted by Gasteiger charge is 2.22. The Bertz CT molecular complexity index is 430. The smallest absolute Gasteiger partial charge is 0.127 e. The second-order valence-corrected chi connectivity index (χ2v) is 6.06. The number of halogens is 1. The minimum atomic E-state index is -0.218. The fourth-order valence-corrected chi connectivity index (χ4v) is 3.13. The maximum Gasteiger partial charge on any atom is 0.127 e. The first-order valence-electron chi connectivity index (χ1n) is 8.04. The Balaban J connectivity index is 1.79. The van der Waals surface area contributed by atoms with Gasteiger partial charge in [0.2, 0.25) is 0 Å². The van der Waals surface area contributed by atoms with Crippen LogP contribution in [-0.4, -0.2) is 49.1 Å². The molecule has 0 saturated carbocycles. The molecule has 2 N–H and O–H groups in total. The number of benzene rings is 1. The molecular formula is C17H28FN3. The summed E-state index contributed by atoms with van der Waals surface area (Å²) >= 11 is 0. The van der Waals surface area contributed by atoms with Gasteiger partial charge in [0.25, 0.3) is 0 Å². The molecule has 1 aliphatic rings. The maximum absolute atomic E-state index is 13.7. The summed E-state index contributed by atoms with van der Waals surface area (Å²) in [5.41, 5.74) is 6.77. The van der Waals surface area contributed by atoms with Gasteiger partial charge in [-0.05, 0) is 58.6 Å². The van der Waals surface area contributed by atoms with Crippen LogP contribution < -0.4 is 5.73 Å². The third kappa shape index (κ3) is 4.50. The number of piperidine rings is 1. The minimum Gasteiger partial charge on any atom is -0.324 e. The van der Waals surface area contributed by atoms with Crippen molar-refractivity contribution < 1.29 is 4.39 Å². The van der Waals surface area contributed by atoms with Gasteiger partial charge in [0.1, 0.15) is 5.82 Å². The molecule has 4 heteroatoms. The zero-order valence-corrected chi connectivity index (χ0v) is 13.3. The van der Waals surface area contributed by atoms with Gasteiger partial charge < -0.3 is 15.5 Å². The molecule has 1 aliphatic heterocycles. The lowest BCUT2D eigenvalue weighted by molar-refractivity contribution is 0.129. The molecule has 118 valence electrons. The van der Waals surface area contributed by atoms with Crippen LogP contribution in [0.5, 0.6) is 0 Å². The summed E-state index contributed by atoms with van der Waals surface area (Å²) in [6.07, 6.45) is 3.24. The second kappa shape index (κ2) is 7.87. The van der Waals surface area contributed by atoms with E-state index in [1.54, 1.807) is 12.1 Å². The Hall–Kier alpha value is -0.970. The predicted octanol–water partition coefficient (Wildman–Crippen LogP) is 2.63. The first-order chi connectivity index (χ1) is 10.1. The minimum absolute atomic E-state index is 0.191. The number of nitrogens with two attached hydrogens (primary N) is 1. The van der Waals surface area contributed by atoms with Gasteiger partial charge in [-0.25, -0.2) is 4.39 Å². The lowest BCUT2D eigenvalue weighted by atomic mass is 10.0. The van der Waals surface area contributed by atoms with Gasteiger partial charge in [-0.2, -0.15) is 0 Å². The van der Waals surface area contributed by atoms with Crippen LogP contribution in [0.1, 0.15) is 37.8 Å². The molecule has 3 nitrogen and oxygen atoms in total. The summed E-state index contributed by atoms with van der Waals surface area (Å²) in [5.74, 6) is -0.191. The van der Waals surface area contributed by atoms with Crippen LogP contribution in [0.2, 0.25) is 0 Å². The lowest BCUT2D eigenvalue weighted by Crippen LogP contribution is -2.43. The molecule has 1 fully saturated rings. The van der Waals surface area contributed by atoms with Crippen LogP contribution in [0.15, 0.2) is 24.3 Å². The van der Waals surface area contributed by atoms with Gasteiger partial charge in [0, 0.05) is 17.6 Å². The summed E-state index contributed by atoms with van der Waals surface area (Å²) in [5, 5.41) is 0. The molecule has 1 atom stereocenters. The lowest BCUT2D eigenvalue weighted by Gasteiger charge is -2.36. The van der Waals surface area contributed by atoms with Gasteiger partial charge in [-0.1, -0.05) is 25.1 Å². The first kappa shape index (κ1) is 16.4. The van der Waals surface area contributed by atoms with E-state index in [2.05, 4.69) is 23.8 Å². The molecule has 21 heavy (non-hydrogen) atoms. The van der Waals surface area contributed by atoms with E-state index in [0.717, 1.165) is 19.5 Å². The van der Waals surface area contributed by atoms with Crippen molar-refractivity contribution in [2.75, 3.05) is 33.2 Å². The monoisotopic (exact) mass is 293 g/mol. The van der Waals surface area contributed by atoms with Crippen LogP contribution in [0.25, 0.3) is 0 Å². The fourth-order valence-electron chi connectivity index (χ4n) is 3.13. The van der Waals surface area contributed by atoms with Gasteiger partial charge in [-0.15, -0.1) is 0 Å². The van der Waals surface area contributed by atoms with Crippen molar-refractivity contribution in [3.63, 3.8) is 0 Å². The molecule has 1 unspecified atom stereocenters. The summed E-state index contributed by atoms with van der Waals surface area (Å²) in [4.78, 5) is 4.89. The zero-order valence-electron chi connectivity index (χ0n) is 13.3. The molecule has 1 saturated heterocycles. The standard InChI is InChI=1S/C17H28FN3/c1-3-21-12-8-14(9-13-21)20(2)11-10-17(19)15-6-4-5-7-16(15)18/h4-7,14,17H,3,8-13,19H2,1-2H3. The third-order valence-electron chi connectivity index (χ3n) is 4.73. The Morgan fingerprint density at radius 2 is 2.00 bits per heavy atom. The summed E-state index contributed by atoms with van der Waals surface area (Å²) in [6.45, 7) is 6.66. The topological polar surface area (TPSA) is 32.5 Å². The van der Waals surface area contributed by atoms with Gasteiger partial charge in [-0.3, -0.25) is 0 Å². The molecule has 0 aromatic heterocycles. The van der Waals surface area contributed by atoms with Gasteiger partial charge in [0.05, 0.1) is 0 Å². The van der Waals surface area contributed by atoms with Crippen molar-refractivity contribution in [2.45, 2.75) is 38.3 Å². The Labute approximate surface area is 127 Å². The number of hydrogen-bond acceptors (Lipinski definition) is 3. The molecule has 0 radical (unpaired) electrons. The van der Waals surface area contributed by atoms with Crippen molar-refractivity contribution in [3.05, 3.63) is 35.6 Å². The molecular weight excluding hydrogens is 265 g/mol. The number of nitrogens with zero attached hydrogens (tertiary/aromatic N) is 2. The highest BCUT2D eigenvalue weighted by atomic mass is 19.1. The van der Waals surface area contributed by atoms with Crippen molar-refractivity contribution >= 4 is 0 Å². The Kier molecular flexibility index (Phi) is 6.15. The van der Waals surface area contributed by atoms with Crippen LogP contribution in [0.3, 0.4) is 0 Å². The molecule has 1 aromatic rings. The summed E-state index contributed by atoms with van der Waals surface area (Å²) in [7, 11) is 2.17. The van der Waals surface area contributed by atoms with Gasteiger partial charge in [0.15, 0.2) is 0 Å². The fraction of sp³-hybridized carbons (Fsp3) is 0.647. The van der Waals surface area contributed by atoms with Crippen LogP contribution in [0.4, 0.5) is 4.39 Å². The third-order valence-corrected chi connectivity index (χ3v) is 4.73. The van der Waals surface area contributed by atoms with Gasteiger partial charge >= 0.3 is 0 Å². The van der Waals surface area contributed by atoms with E-state index >= 15 is 0 Å². The molecule has 2 rings (SSSR count). The average Bonchev–Trinajstić information content (AvgIpc) is 2.52. The predicted molar refractivity (Wildman–Crippen MR) is 85.7 cm³/mol. The first-order valence-corrected chi connectivity index (χ1v) is 8.04. The number of rotatable bonds is 6. The second-order valence-electron chi connectivity index (χ2n) is 6.06. The van der Waals surface area contributed by atoms with Crippen LogP contribution in [0, 0.1) is 5.82 Å². The van der Waals surface area contributed by atoms with Crippen molar-refractivity contribution in [3.8, 4) is 0 Å². The molecule has 1 heterocycles. The van der Waals surface area contributed by atoms with E-state index in [-0.39, 0.29) is 11.9 Å². The molecule has 0 bridgehead atoms. The molecule has 0 spiro atoms. The van der Waals surface area contributed by atoms with E-state index in [9.17, 15) is 4.39 Å². The van der Waals surface area contributed by atoms with Crippen molar-refractivity contribution in [2.24, 2.45) is 5.73 Å². The highest BCUT2D eigenvalue weighted by Crippen LogP contribution is 2.20. The normalized spacial score (nSPS) is 19.1. The Morgan fingerprint density at radius 1 is 1.33 bits per heavy atom. The van der Waals surface area contributed by atoms with E-state index < -0.39 is 0 Å². The number of hydrogen-bond donors (Lipinski definition) is 1. The number of likely N-dealkylation sites (tertiary alicyclic amines) is 1. The maximum atomic E-state index is 13.7. The molecule has 0 aliphatic carbocycles. The summed E-state index contributed by atoms with van der Waals surface area (Å²) in [6, 6.07) is 7.26.